The van der Waals surface area contributed by atoms with Crippen molar-refractivity contribution in [2.24, 2.45) is 0 Å². The van der Waals surface area contributed by atoms with Crippen LogP contribution in [0.15, 0.2) is 60.8 Å². The fourth-order valence-electron chi connectivity index (χ4n) is 2.97. The Kier molecular flexibility index (Phi) is 5.98. The number of rotatable bonds is 6. The maximum absolute atomic E-state index is 12.6. The Hall–Kier alpha value is -2.28. The monoisotopic (exact) mass is 461 g/mol. The molecular weight excluding hydrogens is 441 g/mol. The summed E-state index contributed by atoms with van der Waals surface area (Å²) in [6.07, 6.45) is 1.99. The molecule has 0 aliphatic rings. The lowest BCUT2D eigenvalue weighted by Crippen LogP contribution is -2.09. The Balaban J connectivity index is 2.13. The van der Waals surface area contributed by atoms with Crippen molar-refractivity contribution in [2.75, 3.05) is 13.7 Å². The molecule has 1 heterocycles. The number of carbonyl (C=O) groups excluding carboxylic acids is 1. The Morgan fingerprint density at radius 3 is 2.46 bits per heavy atom. The maximum Gasteiger partial charge on any atom is 0.341 e. The van der Waals surface area contributed by atoms with E-state index in [2.05, 4.69) is 27.2 Å². The predicted molar refractivity (Wildman–Crippen MR) is 111 cm³/mol. The summed E-state index contributed by atoms with van der Waals surface area (Å²) in [7, 11) is 1.67. The molecule has 3 aromatic rings. The number of methoxy groups -OCH3 is 1. The van der Waals surface area contributed by atoms with Crippen LogP contribution < -0.4 is 4.74 Å². The minimum Gasteiger partial charge on any atom is -0.496 e. The minimum atomic E-state index is -0.297. The third kappa shape index (κ3) is 3.77. The number of hydrogen-bond acceptors (Lipinski definition) is 3. The van der Waals surface area contributed by atoms with Crippen molar-refractivity contribution in [3.8, 4) is 17.0 Å². The van der Waals surface area contributed by atoms with Gasteiger partial charge in [-0.1, -0.05) is 48.5 Å². The first-order valence-electron chi connectivity index (χ1n) is 8.38. The topological polar surface area (TPSA) is 40.5 Å². The van der Waals surface area contributed by atoms with E-state index >= 15 is 0 Å². The molecule has 0 amide bonds. The molecule has 0 spiro atoms. The summed E-state index contributed by atoms with van der Waals surface area (Å²) in [6, 6.07) is 17.8. The van der Waals surface area contributed by atoms with Gasteiger partial charge in [0.05, 0.1) is 31.5 Å². The lowest BCUT2D eigenvalue weighted by molar-refractivity contribution is 0.0526. The van der Waals surface area contributed by atoms with E-state index in [9.17, 15) is 4.79 Å². The predicted octanol–water partition coefficient (Wildman–Crippen LogP) is 4.99. The van der Waals surface area contributed by atoms with Gasteiger partial charge in [0.25, 0.3) is 0 Å². The summed E-state index contributed by atoms with van der Waals surface area (Å²) < 4.78 is 13.7. The number of ether oxygens (including phenoxy) is 2. The Morgan fingerprint density at radius 1 is 1.08 bits per heavy atom. The molecule has 2 aromatic carbocycles. The smallest absolute Gasteiger partial charge is 0.341 e. The van der Waals surface area contributed by atoms with E-state index < -0.39 is 0 Å². The van der Waals surface area contributed by atoms with Crippen LogP contribution in [0.25, 0.3) is 11.3 Å². The molecule has 0 bridgehead atoms. The molecule has 3 rings (SSSR count). The van der Waals surface area contributed by atoms with Crippen molar-refractivity contribution in [3.63, 3.8) is 0 Å². The molecule has 0 radical (unpaired) electrons. The zero-order valence-corrected chi connectivity index (χ0v) is 16.9. The van der Waals surface area contributed by atoms with Crippen LogP contribution in [0.2, 0.25) is 0 Å². The van der Waals surface area contributed by atoms with Gasteiger partial charge >= 0.3 is 5.97 Å². The molecule has 0 aliphatic carbocycles. The molecule has 0 saturated heterocycles. The van der Waals surface area contributed by atoms with Crippen LogP contribution in [0.3, 0.4) is 0 Å². The number of benzene rings is 2. The van der Waals surface area contributed by atoms with Gasteiger partial charge in [0.1, 0.15) is 5.75 Å². The highest BCUT2D eigenvalue weighted by Crippen LogP contribution is 2.32. The van der Waals surface area contributed by atoms with Gasteiger partial charge in [0.15, 0.2) is 0 Å². The number of esters is 1. The van der Waals surface area contributed by atoms with Gasteiger partial charge < -0.3 is 14.0 Å². The van der Waals surface area contributed by atoms with Crippen LogP contribution in [0.1, 0.15) is 22.8 Å². The number of aromatic nitrogens is 1. The first-order valence-corrected chi connectivity index (χ1v) is 9.46. The van der Waals surface area contributed by atoms with Gasteiger partial charge in [0, 0.05) is 15.3 Å². The standard InChI is InChI=1S/C21H20INO3/c1-3-26-21(24)19-17(22)14-23(20(19)15-9-5-4-6-10-15)13-16-11-7-8-12-18(16)25-2/h4-12,14H,3,13H2,1-2H3. The molecule has 5 heteroatoms. The van der Waals surface area contributed by atoms with Crippen LogP contribution >= 0.6 is 22.6 Å². The summed E-state index contributed by atoms with van der Waals surface area (Å²) in [5, 5.41) is 0. The largest absolute Gasteiger partial charge is 0.496 e. The molecule has 0 fully saturated rings. The molecule has 134 valence electrons. The molecule has 4 nitrogen and oxygen atoms in total. The van der Waals surface area contributed by atoms with Crippen LogP contribution in [-0.4, -0.2) is 24.3 Å². The van der Waals surface area contributed by atoms with E-state index in [1.807, 2.05) is 67.7 Å². The first kappa shape index (κ1) is 18.5. The van der Waals surface area contributed by atoms with E-state index in [-0.39, 0.29) is 5.97 Å². The van der Waals surface area contributed by atoms with E-state index in [1.54, 1.807) is 7.11 Å². The van der Waals surface area contributed by atoms with E-state index in [4.69, 9.17) is 9.47 Å². The second-order valence-electron chi connectivity index (χ2n) is 5.73. The third-order valence-corrected chi connectivity index (χ3v) is 4.91. The zero-order valence-electron chi connectivity index (χ0n) is 14.7. The highest BCUT2D eigenvalue weighted by Gasteiger charge is 2.23. The van der Waals surface area contributed by atoms with Crippen LogP contribution in [0, 0.1) is 3.57 Å². The highest BCUT2D eigenvalue weighted by atomic mass is 127. The van der Waals surface area contributed by atoms with Crippen LogP contribution in [0.5, 0.6) is 5.75 Å². The summed E-state index contributed by atoms with van der Waals surface area (Å²) in [4.78, 5) is 12.6. The highest BCUT2D eigenvalue weighted by molar-refractivity contribution is 14.1. The summed E-state index contributed by atoms with van der Waals surface area (Å²) in [6.45, 7) is 2.77. The van der Waals surface area contributed by atoms with Crippen molar-refractivity contribution in [3.05, 3.63) is 75.5 Å². The molecule has 0 atom stereocenters. The Morgan fingerprint density at radius 2 is 1.77 bits per heavy atom. The average Bonchev–Trinajstić information content (AvgIpc) is 2.99. The van der Waals surface area contributed by atoms with Crippen LogP contribution in [-0.2, 0) is 11.3 Å². The lowest BCUT2D eigenvalue weighted by Gasteiger charge is -2.14. The van der Waals surface area contributed by atoms with Gasteiger partial charge in [-0.15, -0.1) is 0 Å². The fraction of sp³-hybridized carbons (Fsp3) is 0.190. The van der Waals surface area contributed by atoms with E-state index in [0.717, 1.165) is 26.1 Å². The molecule has 0 N–H and O–H groups in total. The van der Waals surface area contributed by atoms with E-state index in [1.165, 1.54) is 0 Å². The molecule has 26 heavy (non-hydrogen) atoms. The second kappa shape index (κ2) is 8.40. The SMILES string of the molecule is CCOC(=O)c1c(I)cn(Cc2ccccc2OC)c1-c1ccccc1. The molecular formula is C21H20INO3. The quantitative estimate of drug-likeness (QED) is 0.384. The summed E-state index contributed by atoms with van der Waals surface area (Å²) in [5.74, 6) is 0.530. The third-order valence-electron chi connectivity index (χ3n) is 4.09. The van der Waals surface area contributed by atoms with Crippen molar-refractivity contribution in [1.82, 2.24) is 4.57 Å². The second-order valence-corrected chi connectivity index (χ2v) is 6.89. The number of para-hydroxylation sites is 1. The molecule has 1 aromatic heterocycles. The molecule has 0 unspecified atom stereocenters. The Labute approximate surface area is 166 Å². The van der Waals surface area contributed by atoms with Gasteiger partial charge in [-0.2, -0.15) is 0 Å². The van der Waals surface area contributed by atoms with Crippen molar-refractivity contribution in [2.45, 2.75) is 13.5 Å². The number of nitrogens with zero attached hydrogens (tertiary/aromatic N) is 1. The number of halogens is 1. The summed E-state index contributed by atoms with van der Waals surface area (Å²) in [5.41, 5.74) is 3.50. The van der Waals surface area contributed by atoms with Gasteiger partial charge in [0.2, 0.25) is 0 Å². The zero-order chi connectivity index (χ0) is 18.5. The molecule has 0 saturated carbocycles. The van der Waals surface area contributed by atoms with Crippen molar-refractivity contribution in [1.29, 1.82) is 0 Å². The van der Waals surface area contributed by atoms with Gasteiger partial charge in [-0.25, -0.2) is 4.79 Å². The lowest BCUT2D eigenvalue weighted by atomic mass is 10.1. The van der Waals surface area contributed by atoms with Crippen molar-refractivity contribution < 1.29 is 14.3 Å². The Bertz CT molecular complexity index is 903. The minimum absolute atomic E-state index is 0.297. The van der Waals surface area contributed by atoms with Gasteiger partial charge in [-0.05, 0) is 41.1 Å². The number of hydrogen-bond donors (Lipinski definition) is 0. The normalized spacial score (nSPS) is 10.6. The van der Waals surface area contributed by atoms with Crippen molar-refractivity contribution >= 4 is 28.6 Å². The van der Waals surface area contributed by atoms with E-state index in [0.29, 0.717) is 18.7 Å². The first-order chi connectivity index (χ1) is 12.7. The molecule has 0 aliphatic heterocycles. The number of carbonyl (C=O) groups is 1. The fourth-order valence-corrected chi connectivity index (χ4v) is 3.78. The van der Waals surface area contributed by atoms with Gasteiger partial charge in [-0.3, -0.25) is 0 Å². The van der Waals surface area contributed by atoms with Crippen LogP contribution in [0.4, 0.5) is 0 Å². The summed E-state index contributed by atoms with van der Waals surface area (Å²) >= 11 is 2.20. The maximum atomic E-state index is 12.6. The average molecular weight is 461 g/mol.